The zero-order chi connectivity index (χ0) is 18.8. The van der Waals surface area contributed by atoms with Crippen molar-refractivity contribution in [1.29, 1.82) is 0 Å². The molecule has 2 aromatic rings. The highest BCUT2D eigenvalue weighted by Gasteiger charge is 2.22. The van der Waals surface area contributed by atoms with Crippen molar-refractivity contribution in [3.8, 4) is 5.75 Å². The summed E-state index contributed by atoms with van der Waals surface area (Å²) in [5, 5.41) is 2.87. The van der Waals surface area contributed by atoms with Crippen LogP contribution < -0.4 is 15.0 Å². The number of carbonyl (C=O) groups excluding carboxylic acids is 2. The minimum Gasteiger partial charge on any atom is -0.483 e. The van der Waals surface area contributed by atoms with Gasteiger partial charge in [0.2, 0.25) is 5.91 Å². The average molecular weight is 352 g/mol. The van der Waals surface area contributed by atoms with Gasteiger partial charge in [-0.25, -0.2) is 0 Å². The number of hydrogen-bond donors (Lipinski definition) is 1. The lowest BCUT2D eigenvalue weighted by Crippen LogP contribution is -2.25. The summed E-state index contributed by atoms with van der Waals surface area (Å²) < 4.78 is 5.73. The number of ether oxygens (including phenoxy) is 1. The maximum absolute atomic E-state index is 12.2. The number of aryl methyl sites for hydroxylation is 3. The highest BCUT2D eigenvalue weighted by molar-refractivity contribution is 5.96. The molecule has 0 aromatic heterocycles. The summed E-state index contributed by atoms with van der Waals surface area (Å²) in [5.41, 5.74) is 5.95. The van der Waals surface area contributed by atoms with E-state index in [4.69, 9.17) is 4.74 Å². The van der Waals surface area contributed by atoms with Crippen LogP contribution in [0.15, 0.2) is 30.3 Å². The number of nitrogens with one attached hydrogen (secondary N) is 1. The lowest BCUT2D eigenvalue weighted by molar-refractivity contribution is -0.118. The Morgan fingerprint density at radius 3 is 2.46 bits per heavy atom. The molecule has 0 saturated carbocycles. The standard InChI is InChI=1S/C21H24N2O3/c1-13-9-14(2)21(15(3)10-13)26-12-20(25)22-18-5-6-19-17(11-18)7-8-23(19)16(4)24/h5-6,9-11H,7-8,12H2,1-4H3,(H,22,25). The third kappa shape index (κ3) is 3.72. The maximum atomic E-state index is 12.2. The second-order valence-corrected chi connectivity index (χ2v) is 6.83. The van der Waals surface area contributed by atoms with E-state index in [1.54, 1.807) is 11.8 Å². The van der Waals surface area contributed by atoms with Gasteiger partial charge in [-0.3, -0.25) is 9.59 Å². The lowest BCUT2D eigenvalue weighted by Gasteiger charge is -2.15. The van der Waals surface area contributed by atoms with Crippen molar-refractivity contribution in [3.05, 3.63) is 52.6 Å². The van der Waals surface area contributed by atoms with Gasteiger partial charge >= 0.3 is 0 Å². The van der Waals surface area contributed by atoms with Gasteiger partial charge in [0.05, 0.1) is 0 Å². The van der Waals surface area contributed by atoms with Crippen LogP contribution in [0.25, 0.3) is 0 Å². The van der Waals surface area contributed by atoms with Crippen molar-refractivity contribution >= 4 is 23.2 Å². The molecule has 1 aliphatic rings. The minimum atomic E-state index is -0.203. The van der Waals surface area contributed by atoms with Gasteiger partial charge in [-0.1, -0.05) is 17.7 Å². The number of anilines is 2. The summed E-state index contributed by atoms with van der Waals surface area (Å²) in [4.78, 5) is 25.6. The molecule has 0 saturated heterocycles. The third-order valence-electron chi connectivity index (χ3n) is 4.59. The molecule has 1 heterocycles. The fourth-order valence-electron chi connectivity index (χ4n) is 3.54. The average Bonchev–Trinajstić information content (AvgIpc) is 2.97. The first-order valence-corrected chi connectivity index (χ1v) is 8.76. The molecule has 5 heteroatoms. The van der Waals surface area contributed by atoms with Crippen molar-refractivity contribution in [2.24, 2.45) is 0 Å². The fourth-order valence-corrected chi connectivity index (χ4v) is 3.54. The summed E-state index contributed by atoms with van der Waals surface area (Å²) in [7, 11) is 0. The zero-order valence-corrected chi connectivity index (χ0v) is 15.7. The van der Waals surface area contributed by atoms with Crippen LogP contribution in [0.5, 0.6) is 5.75 Å². The predicted molar refractivity (Wildman–Crippen MR) is 103 cm³/mol. The molecule has 2 aromatic carbocycles. The fraction of sp³-hybridized carbons (Fsp3) is 0.333. The van der Waals surface area contributed by atoms with E-state index in [-0.39, 0.29) is 18.4 Å². The molecule has 26 heavy (non-hydrogen) atoms. The normalized spacial score (nSPS) is 12.7. The quantitative estimate of drug-likeness (QED) is 0.916. The summed E-state index contributed by atoms with van der Waals surface area (Å²) in [5.74, 6) is 0.598. The Labute approximate surface area is 154 Å². The molecule has 1 N–H and O–H groups in total. The summed E-state index contributed by atoms with van der Waals surface area (Å²) >= 11 is 0. The molecule has 0 unspecified atom stereocenters. The van der Waals surface area contributed by atoms with Gasteiger partial charge in [-0.05, 0) is 62.1 Å². The largest absolute Gasteiger partial charge is 0.483 e. The molecule has 0 bridgehead atoms. The van der Waals surface area contributed by atoms with Gasteiger partial charge < -0.3 is 15.0 Å². The summed E-state index contributed by atoms with van der Waals surface area (Å²) in [6.07, 6.45) is 0.802. The van der Waals surface area contributed by atoms with Gasteiger partial charge in [0, 0.05) is 24.8 Å². The monoisotopic (exact) mass is 352 g/mol. The maximum Gasteiger partial charge on any atom is 0.262 e. The van der Waals surface area contributed by atoms with E-state index in [0.717, 1.165) is 40.2 Å². The highest BCUT2D eigenvalue weighted by Crippen LogP contribution is 2.30. The van der Waals surface area contributed by atoms with Gasteiger partial charge in [0.15, 0.2) is 6.61 Å². The molecule has 136 valence electrons. The van der Waals surface area contributed by atoms with Crippen LogP contribution in [0.3, 0.4) is 0 Å². The summed E-state index contributed by atoms with van der Waals surface area (Å²) in [6.45, 7) is 8.22. The smallest absolute Gasteiger partial charge is 0.262 e. The van der Waals surface area contributed by atoms with Gasteiger partial charge in [-0.2, -0.15) is 0 Å². The van der Waals surface area contributed by atoms with Gasteiger partial charge in [0.1, 0.15) is 5.75 Å². The van der Waals surface area contributed by atoms with E-state index in [9.17, 15) is 9.59 Å². The first-order valence-electron chi connectivity index (χ1n) is 8.76. The number of hydrogen-bond acceptors (Lipinski definition) is 3. The van der Waals surface area contributed by atoms with E-state index in [2.05, 4.69) is 5.32 Å². The van der Waals surface area contributed by atoms with Crippen LogP contribution in [0.4, 0.5) is 11.4 Å². The first kappa shape index (κ1) is 18.0. The molecule has 0 atom stereocenters. The Morgan fingerprint density at radius 2 is 1.81 bits per heavy atom. The van der Waals surface area contributed by atoms with Crippen molar-refractivity contribution in [1.82, 2.24) is 0 Å². The Kier molecular flexibility index (Phi) is 4.98. The van der Waals surface area contributed by atoms with Crippen LogP contribution in [0.2, 0.25) is 0 Å². The lowest BCUT2D eigenvalue weighted by atomic mass is 10.1. The topological polar surface area (TPSA) is 58.6 Å². The number of fused-ring (bicyclic) bond motifs is 1. The number of carbonyl (C=O) groups is 2. The number of nitrogens with zero attached hydrogens (tertiary/aromatic N) is 1. The van der Waals surface area contributed by atoms with Gasteiger partial charge in [-0.15, -0.1) is 0 Å². The predicted octanol–water partition coefficient (Wildman–Crippen LogP) is 3.54. The van der Waals surface area contributed by atoms with E-state index in [1.807, 2.05) is 51.1 Å². The number of amides is 2. The van der Waals surface area contributed by atoms with Crippen LogP contribution in [-0.2, 0) is 16.0 Å². The third-order valence-corrected chi connectivity index (χ3v) is 4.59. The second-order valence-electron chi connectivity index (χ2n) is 6.83. The second kappa shape index (κ2) is 7.20. The van der Waals surface area contributed by atoms with E-state index in [0.29, 0.717) is 6.54 Å². The zero-order valence-electron chi connectivity index (χ0n) is 15.7. The summed E-state index contributed by atoms with van der Waals surface area (Å²) in [6, 6.07) is 9.72. The van der Waals surface area contributed by atoms with Crippen molar-refractivity contribution in [2.75, 3.05) is 23.4 Å². The van der Waals surface area contributed by atoms with Crippen molar-refractivity contribution in [3.63, 3.8) is 0 Å². The van der Waals surface area contributed by atoms with Crippen LogP contribution in [0, 0.1) is 20.8 Å². The highest BCUT2D eigenvalue weighted by atomic mass is 16.5. The SMILES string of the molecule is CC(=O)N1CCc2cc(NC(=O)COc3c(C)cc(C)cc3C)ccc21. The molecule has 0 spiro atoms. The molecule has 0 aliphatic carbocycles. The Hall–Kier alpha value is -2.82. The van der Waals surface area contributed by atoms with E-state index >= 15 is 0 Å². The number of rotatable bonds is 4. The van der Waals surface area contributed by atoms with Crippen LogP contribution in [0.1, 0.15) is 29.2 Å². The molecule has 1 aliphatic heterocycles. The molecule has 0 fully saturated rings. The minimum absolute atomic E-state index is 0.0396. The Bertz CT molecular complexity index is 851. The molecule has 3 rings (SSSR count). The first-order chi connectivity index (χ1) is 12.3. The van der Waals surface area contributed by atoms with E-state index < -0.39 is 0 Å². The van der Waals surface area contributed by atoms with Crippen LogP contribution in [-0.4, -0.2) is 25.0 Å². The van der Waals surface area contributed by atoms with Gasteiger partial charge in [0.25, 0.3) is 5.91 Å². The Morgan fingerprint density at radius 1 is 1.12 bits per heavy atom. The molecule has 2 amide bonds. The Balaban J connectivity index is 1.64. The van der Waals surface area contributed by atoms with Crippen molar-refractivity contribution in [2.45, 2.75) is 34.1 Å². The molecule has 0 radical (unpaired) electrons. The van der Waals surface area contributed by atoms with Crippen LogP contribution >= 0.6 is 0 Å². The molecular weight excluding hydrogens is 328 g/mol. The van der Waals surface area contributed by atoms with Crippen molar-refractivity contribution < 1.29 is 14.3 Å². The number of benzene rings is 2. The van der Waals surface area contributed by atoms with E-state index in [1.165, 1.54) is 5.56 Å². The molecule has 5 nitrogen and oxygen atoms in total. The molecular formula is C21H24N2O3.